The Labute approximate surface area is 90.9 Å². The lowest BCUT2D eigenvalue weighted by Crippen LogP contribution is -2.50. The normalized spacial score (nSPS) is 30.9. The summed E-state index contributed by atoms with van der Waals surface area (Å²) in [6.45, 7) is 4.22. The molecular formula is C10H21N3O2. The van der Waals surface area contributed by atoms with Crippen molar-refractivity contribution in [3.8, 4) is 0 Å². The fourth-order valence-electron chi connectivity index (χ4n) is 1.52. The third kappa shape index (κ3) is 2.90. The number of nitrogens with zero attached hydrogens (tertiary/aromatic N) is 1. The Bertz CT molecular complexity index is 233. The van der Waals surface area contributed by atoms with Gasteiger partial charge < -0.3 is 20.7 Å². The van der Waals surface area contributed by atoms with E-state index in [1.807, 2.05) is 25.9 Å². The van der Waals surface area contributed by atoms with E-state index in [0.717, 1.165) is 6.54 Å². The highest BCUT2D eigenvalue weighted by Crippen LogP contribution is 2.26. The molecule has 0 aromatic carbocycles. The molecule has 1 rings (SSSR count). The zero-order valence-electron chi connectivity index (χ0n) is 9.75. The van der Waals surface area contributed by atoms with E-state index >= 15 is 0 Å². The summed E-state index contributed by atoms with van der Waals surface area (Å²) in [5.41, 5.74) is 5.29. The van der Waals surface area contributed by atoms with E-state index < -0.39 is 5.41 Å². The molecule has 2 unspecified atom stereocenters. The Hall–Kier alpha value is -0.650. The molecule has 3 N–H and O–H groups in total. The summed E-state index contributed by atoms with van der Waals surface area (Å²) in [7, 11) is 3.94. The lowest BCUT2D eigenvalue weighted by Gasteiger charge is -2.25. The zero-order chi connectivity index (χ0) is 11.5. The van der Waals surface area contributed by atoms with Crippen molar-refractivity contribution in [2.75, 3.05) is 40.4 Å². The number of carbonyl (C=O) groups is 1. The second-order valence-electron chi connectivity index (χ2n) is 4.60. The van der Waals surface area contributed by atoms with Gasteiger partial charge in [0, 0.05) is 19.1 Å². The average Bonchev–Trinajstić information content (AvgIpc) is 2.47. The molecule has 0 saturated carbocycles. The summed E-state index contributed by atoms with van der Waals surface area (Å²) < 4.78 is 5.22. The first-order valence-electron chi connectivity index (χ1n) is 5.23. The van der Waals surface area contributed by atoms with Gasteiger partial charge in [-0.1, -0.05) is 0 Å². The smallest absolute Gasteiger partial charge is 0.229 e. The van der Waals surface area contributed by atoms with E-state index in [1.54, 1.807) is 0 Å². The SMILES string of the molecule is CN(C)CCNC(=O)C1(C)COCC1N. The predicted octanol–water partition coefficient (Wildman–Crippen LogP) is -0.972. The van der Waals surface area contributed by atoms with Crippen LogP contribution >= 0.6 is 0 Å². The van der Waals surface area contributed by atoms with Crippen molar-refractivity contribution in [2.45, 2.75) is 13.0 Å². The molecule has 5 nitrogen and oxygen atoms in total. The van der Waals surface area contributed by atoms with Gasteiger partial charge in [0.15, 0.2) is 0 Å². The lowest BCUT2D eigenvalue weighted by atomic mass is 9.85. The van der Waals surface area contributed by atoms with Crippen LogP contribution in [0.3, 0.4) is 0 Å². The fourth-order valence-corrected chi connectivity index (χ4v) is 1.52. The topological polar surface area (TPSA) is 67.6 Å². The van der Waals surface area contributed by atoms with Gasteiger partial charge in [-0.15, -0.1) is 0 Å². The maximum absolute atomic E-state index is 11.9. The molecule has 1 heterocycles. The van der Waals surface area contributed by atoms with Crippen molar-refractivity contribution in [2.24, 2.45) is 11.1 Å². The molecule has 15 heavy (non-hydrogen) atoms. The van der Waals surface area contributed by atoms with E-state index in [1.165, 1.54) is 0 Å². The Balaban J connectivity index is 2.39. The monoisotopic (exact) mass is 215 g/mol. The van der Waals surface area contributed by atoms with Crippen LogP contribution in [0.4, 0.5) is 0 Å². The molecule has 0 aromatic rings. The summed E-state index contributed by atoms with van der Waals surface area (Å²) in [5, 5.41) is 2.89. The first-order chi connectivity index (χ1) is 6.97. The van der Waals surface area contributed by atoms with Crippen LogP contribution in [-0.4, -0.2) is 57.2 Å². The van der Waals surface area contributed by atoms with E-state index in [4.69, 9.17) is 10.5 Å². The van der Waals surface area contributed by atoms with Gasteiger partial charge >= 0.3 is 0 Å². The van der Waals surface area contributed by atoms with Gasteiger partial charge in [-0.05, 0) is 21.0 Å². The summed E-state index contributed by atoms with van der Waals surface area (Å²) in [6.07, 6.45) is 0. The highest BCUT2D eigenvalue weighted by molar-refractivity contribution is 5.83. The Morgan fingerprint density at radius 3 is 2.80 bits per heavy atom. The van der Waals surface area contributed by atoms with Gasteiger partial charge in [-0.3, -0.25) is 4.79 Å². The average molecular weight is 215 g/mol. The largest absolute Gasteiger partial charge is 0.379 e. The van der Waals surface area contributed by atoms with Gasteiger partial charge in [0.05, 0.1) is 18.6 Å². The zero-order valence-corrected chi connectivity index (χ0v) is 9.75. The van der Waals surface area contributed by atoms with Gasteiger partial charge in [0.25, 0.3) is 0 Å². The molecule has 0 spiro atoms. The van der Waals surface area contributed by atoms with Crippen LogP contribution in [0.25, 0.3) is 0 Å². The molecule has 1 fully saturated rings. The molecule has 0 radical (unpaired) electrons. The molecule has 1 saturated heterocycles. The van der Waals surface area contributed by atoms with Gasteiger partial charge in [-0.2, -0.15) is 0 Å². The van der Waals surface area contributed by atoms with Crippen LogP contribution in [-0.2, 0) is 9.53 Å². The molecule has 2 atom stereocenters. The number of nitrogens with two attached hydrogens (primary N) is 1. The van der Waals surface area contributed by atoms with Crippen molar-refractivity contribution in [1.82, 2.24) is 10.2 Å². The fraction of sp³-hybridized carbons (Fsp3) is 0.900. The molecule has 0 bridgehead atoms. The van der Waals surface area contributed by atoms with Gasteiger partial charge in [0.2, 0.25) is 5.91 Å². The van der Waals surface area contributed by atoms with Crippen LogP contribution < -0.4 is 11.1 Å². The van der Waals surface area contributed by atoms with Crippen molar-refractivity contribution in [3.63, 3.8) is 0 Å². The maximum Gasteiger partial charge on any atom is 0.229 e. The second kappa shape index (κ2) is 4.92. The summed E-state index contributed by atoms with van der Waals surface area (Å²) in [5.74, 6) is -0.00523. The van der Waals surface area contributed by atoms with E-state index in [2.05, 4.69) is 5.32 Å². The minimum Gasteiger partial charge on any atom is -0.379 e. The number of ether oxygens (including phenoxy) is 1. The molecule has 1 aliphatic heterocycles. The van der Waals surface area contributed by atoms with Gasteiger partial charge in [-0.25, -0.2) is 0 Å². The third-order valence-corrected chi connectivity index (χ3v) is 2.88. The number of rotatable bonds is 4. The van der Waals surface area contributed by atoms with Crippen LogP contribution in [0.1, 0.15) is 6.92 Å². The molecule has 1 amide bonds. The standard InChI is InChI=1S/C10H21N3O2/c1-10(7-15-6-8(10)11)9(14)12-4-5-13(2)3/h8H,4-7,11H2,1-3H3,(H,12,14). The Kier molecular flexibility index (Phi) is 4.07. The van der Waals surface area contributed by atoms with E-state index in [9.17, 15) is 4.79 Å². The number of nitrogens with one attached hydrogen (secondary N) is 1. The number of carbonyl (C=O) groups excluding carboxylic acids is 1. The van der Waals surface area contributed by atoms with Crippen molar-refractivity contribution in [3.05, 3.63) is 0 Å². The summed E-state index contributed by atoms with van der Waals surface area (Å²) >= 11 is 0. The highest BCUT2D eigenvalue weighted by Gasteiger charge is 2.44. The quantitative estimate of drug-likeness (QED) is 0.633. The number of hydrogen-bond acceptors (Lipinski definition) is 4. The van der Waals surface area contributed by atoms with Crippen LogP contribution in [0.15, 0.2) is 0 Å². The molecule has 1 aliphatic rings. The van der Waals surface area contributed by atoms with Crippen LogP contribution in [0, 0.1) is 5.41 Å². The van der Waals surface area contributed by atoms with Crippen LogP contribution in [0.5, 0.6) is 0 Å². The second-order valence-corrected chi connectivity index (χ2v) is 4.60. The molecule has 0 aromatic heterocycles. The molecule has 5 heteroatoms. The minimum atomic E-state index is -0.563. The Morgan fingerprint density at radius 1 is 1.67 bits per heavy atom. The maximum atomic E-state index is 11.9. The van der Waals surface area contributed by atoms with Crippen LogP contribution in [0.2, 0.25) is 0 Å². The van der Waals surface area contributed by atoms with Crippen molar-refractivity contribution in [1.29, 1.82) is 0 Å². The molecule has 0 aliphatic carbocycles. The number of likely N-dealkylation sites (N-methyl/N-ethyl adjacent to an activating group) is 1. The van der Waals surface area contributed by atoms with Crippen molar-refractivity contribution < 1.29 is 9.53 Å². The number of amides is 1. The van der Waals surface area contributed by atoms with E-state index in [0.29, 0.717) is 19.8 Å². The summed E-state index contributed by atoms with van der Waals surface area (Å²) in [6, 6.07) is -0.197. The Morgan fingerprint density at radius 2 is 2.33 bits per heavy atom. The van der Waals surface area contributed by atoms with Crippen molar-refractivity contribution >= 4 is 5.91 Å². The minimum absolute atomic E-state index is 0.00523. The molecule has 88 valence electrons. The first kappa shape index (κ1) is 12.4. The number of hydrogen-bond donors (Lipinski definition) is 2. The van der Waals surface area contributed by atoms with Gasteiger partial charge in [0.1, 0.15) is 0 Å². The summed E-state index contributed by atoms with van der Waals surface area (Å²) in [4.78, 5) is 13.9. The molecular weight excluding hydrogens is 194 g/mol. The highest BCUT2D eigenvalue weighted by atomic mass is 16.5. The first-order valence-corrected chi connectivity index (χ1v) is 5.23. The lowest BCUT2D eigenvalue weighted by molar-refractivity contribution is -0.130. The van der Waals surface area contributed by atoms with E-state index in [-0.39, 0.29) is 11.9 Å². The predicted molar refractivity (Wildman–Crippen MR) is 58.5 cm³/mol. The third-order valence-electron chi connectivity index (χ3n) is 2.88.